The number of unbranched alkanes of at least 4 members (excludes halogenated alkanes) is 2. The summed E-state index contributed by atoms with van der Waals surface area (Å²) in [6.07, 6.45) is 12.8. The van der Waals surface area contributed by atoms with Crippen molar-refractivity contribution in [1.82, 2.24) is 0 Å². The second-order valence-electron chi connectivity index (χ2n) is 8.01. The van der Waals surface area contributed by atoms with E-state index in [2.05, 4.69) is 73.7 Å². The van der Waals surface area contributed by atoms with Crippen LogP contribution in [0.15, 0.2) is 66.7 Å². The highest BCUT2D eigenvalue weighted by atomic mass is 14.4. The minimum Gasteiger partial charge on any atom is -0.0851 e. The summed E-state index contributed by atoms with van der Waals surface area (Å²) < 4.78 is 0. The van der Waals surface area contributed by atoms with Crippen LogP contribution in [0.4, 0.5) is 0 Å². The Morgan fingerprint density at radius 3 is 2.24 bits per heavy atom. The Bertz CT molecular complexity index is 695. The molecule has 0 heteroatoms. The van der Waals surface area contributed by atoms with Gasteiger partial charge in [-0.05, 0) is 53.7 Å². The van der Waals surface area contributed by atoms with Crippen molar-refractivity contribution in [2.45, 2.75) is 57.3 Å². The van der Waals surface area contributed by atoms with E-state index in [0.717, 1.165) is 17.8 Å². The van der Waals surface area contributed by atoms with E-state index in [9.17, 15) is 0 Å². The zero-order chi connectivity index (χ0) is 17.1. The molecule has 1 fully saturated rings. The molecule has 2 aliphatic carbocycles. The number of allylic oxidation sites excluding steroid dienone is 2. The van der Waals surface area contributed by atoms with E-state index in [1.807, 2.05) is 0 Å². The summed E-state index contributed by atoms with van der Waals surface area (Å²) in [5.41, 5.74) is 4.51. The van der Waals surface area contributed by atoms with E-state index in [0.29, 0.717) is 5.92 Å². The van der Waals surface area contributed by atoms with Gasteiger partial charge in [-0.1, -0.05) is 92.9 Å². The van der Waals surface area contributed by atoms with E-state index < -0.39 is 0 Å². The van der Waals surface area contributed by atoms with Gasteiger partial charge in [0.15, 0.2) is 0 Å². The molecule has 1 saturated carbocycles. The molecule has 2 aliphatic rings. The van der Waals surface area contributed by atoms with Crippen LogP contribution in [0.25, 0.3) is 0 Å². The Morgan fingerprint density at radius 2 is 1.60 bits per heavy atom. The number of hydrogen-bond acceptors (Lipinski definition) is 0. The van der Waals surface area contributed by atoms with Gasteiger partial charge >= 0.3 is 0 Å². The van der Waals surface area contributed by atoms with Crippen LogP contribution in [0.5, 0.6) is 0 Å². The number of benzene rings is 2. The fourth-order valence-corrected chi connectivity index (χ4v) is 4.95. The average Bonchev–Trinajstić information content (AvgIpc) is 3.30. The predicted octanol–water partition coefficient (Wildman–Crippen LogP) is 7.08. The van der Waals surface area contributed by atoms with Gasteiger partial charge in [0.25, 0.3) is 0 Å². The molecular formula is C25H30. The summed E-state index contributed by atoms with van der Waals surface area (Å²) in [5, 5.41) is 0. The maximum atomic E-state index is 2.46. The lowest BCUT2D eigenvalue weighted by atomic mass is 9.83. The zero-order valence-electron chi connectivity index (χ0n) is 15.4. The standard InChI is InChI=1S/C25H30/c1-2-3-5-10-24(20-8-6-4-7-9-20)21-13-15-22(16-14-21)25-18-19-11-12-23(25)17-19/h4,6-9,11-16,19,23-25H,2-3,5,10,17-18H2,1H3/t19-,23+,24?,25+/m0/s1. The van der Waals surface area contributed by atoms with E-state index in [4.69, 9.17) is 0 Å². The highest BCUT2D eigenvalue weighted by Crippen LogP contribution is 2.48. The van der Waals surface area contributed by atoms with Gasteiger partial charge in [0, 0.05) is 5.92 Å². The Hall–Kier alpha value is -1.82. The van der Waals surface area contributed by atoms with Crippen LogP contribution in [0.3, 0.4) is 0 Å². The number of hydrogen-bond donors (Lipinski definition) is 0. The first-order chi connectivity index (χ1) is 12.3. The molecular weight excluding hydrogens is 300 g/mol. The molecule has 0 aliphatic heterocycles. The highest BCUT2D eigenvalue weighted by molar-refractivity contribution is 5.36. The van der Waals surface area contributed by atoms with Crippen molar-refractivity contribution in [3.8, 4) is 0 Å². The molecule has 0 heterocycles. The highest BCUT2D eigenvalue weighted by Gasteiger charge is 2.36. The van der Waals surface area contributed by atoms with Gasteiger partial charge in [0.2, 0.25) is 0 Å². The first-order valence-corrected chi connectivity index (χ1v) is 10.2. The molecule has 4 rings (SSSR count). The minimum absolute atomic E-state index is 0.543. The Labute approximate surface area is 153 Å². The van der Waals surface area contributed by atoms with Crippen molar-refractivity contribution >= 4 is 0 Å². The van der Waals surface area contributed by atoms with Gasteiger partial charge in [-0.25, -0.2) is 0 Å². The van der Waals surface area contributed by atoms with Gasteiger partial charge in [-0.3, -0.25) is 0 Å². The number of fused-ring (bicyclic) bond motifs is 2. The zero-order valence-corrected chi connectivity index (χ0v) is 15.4. The largest absolute Gasteiger partial charge is 0.0851 e. The van der Waals surface area contributed by atoms with Gasteiger partial charge in [-0.2, -0.15) is 0 Å². The third kappa shape index (κ3) is 3.59. The molecule has 0 aromatic heterocycles. The molecule has 2 bridgehead atoms. The van der Waals surface area contributed by atoms with Crippen molar-refractivity contribution in [3.63, 3.8) is 0 Å². The molecule has 0 amide bonds. The molecule has 25 heavy (non-hydrogen) atoms. The first-order valence-electron chi connectivity index (χ1n) is 10.2. The third-order valence-corrected chi connectivity index (χ3v) is 6.34. The fourth-order valence-electron chi connectivity index (χ4n) is 4.95. The van der Waals surface area contributed by atoms with Crippen LogP contribution >= 0.6 is 0 Å². The molecule has 1 unspecified atom stereocenters. The smallest absolute Gasteiger partial charge is 0.00893 e. The molecule has 0 spiro atoms. The average molecular weight is 331 g/mol. The molecule has 130 valence electrons. The Balaban J connectivity index is 1.53. The van der Waals surface area contributed by atoms with E-state index in [1.54, 1.807) is 5.56 Å². The Kier molecular flexibility index (Phi) is 5.06. The summed E-state index contributed by atoms with van der Waals surface area (Å²) in [5.74, 6) is 2.95. The first kappa shape index (κ1) is 16.6. The fraction of sp³-hybridized carbons (Fsp3) is 0.440. The summed E-state index contributed by atoms with van der Waals surface area (Å²) in [6, 6.07) is 20.7. The van der Waals surface area contributed by atoms with Crippen LogP contribution in [-0.2, 0) is 0 Å². The Morgan fingerprint density at radius 1 is 0.840 bits per heavy atom. The predicted molar refractivity (Wildman–Crippen MR) is 107 cm³/mol. The van der Waals surface area contributed by atoms with E-state index in [-0.39, 0.29) is 0 Å². The SMILES string of the molecule is CCCCCC(c1ccccc1)c1ccc([C@H]2C[C@H]3C=C[C@@H]2C3)cc1. The summed E-state index contributed by atoms with van der Waals surface area (Å²) in [6.45, 7) is 2.29. The van der Waals surface area contributed by atoms with Crippen LogP contribution in [0, 0.1) is 11.8 Å². The molecule has 2 aromatic rings. The lowest BCUT2D eigenvalue weighted by molar-refractivity contribution is 0.584. The molecule has 0 nitrogen and oxygen atoms in total. The summed E-state index contributed by atoms with van der Waals surface area (Å²) in [4.78, 5) is 0. The monoisotopic (exact) mass is 330 g/mol. The van der Waals surface area contributed by atoms with Gasteiger partial charge in [0.1, 0.15) is 0 Å². The van der Waals surface area contributed by atoms with Crippen molar-refractivity contribution in [2.75, 3.05) is 0 Å². The normalized spacial score (nSPS) is 25.4. The second kappa shape index (κ2) is 7.60. The van der Waals surface area contributed by atoms with Crippen molar-refractivity contribution in [3.05, 3.63) is 83.4 Å². The van der Waals surface area contributed by atoms with Crippen LogP contribution in [0.2, 0.25) is 0 Å². The minimum atomic E-state index is 0.543. The van der Waals surface area contributed by atoms with Crippen LogP contribution in [0.1, 0.15) is 74.0 Å². The molecule has 0 saturated heterocycles. The summed E-state index contributed by atoms with van der Waals surface area (Å²) in [7, 11) is 0. The third-order valence-electron chi connectivity index (χ3n) is 6.34. The topological polar surface area (TPSA) is 0 Å². The van der Waals surface area contributed by atoms with Crippen LogP contribution in [-0.4, -0.2) is 0 Å². The lowest BCUT2D eigenvalue weighted by Crippen LogP contribution is -2.06. The van der Waals surface area contributed by atoms with Crippen molar-refractivity contribution in [1.29, 1.82) is 0 Å². The quantitative estimate of drug-likeness (QED) is 0.376. The van der Waals surface area contributed by atoms with Gasteiger partial charge in [-0.15, -0.1) is 0 Å². The van der Waals surface area contributed by atoms with Crippen LogP contribution < -0.4 is 0 Å². The lowest BCUT2D eigenvalue weighted by Gasteiger charge is -2.21. The maximum Gasteiger partial charge on any atom is 0.00893 e. The maximum absolute atomic E-state index is 2.46. The molecule has 4 atom stereocenters. The van der Waals surface area contributed by atoms with Gasteiger partial charge in [0.05, 0.1) is 0 Å². The molecule has 0 radical (unpaired) electrons. The van der Waals surface area contributed by atoms with Crippen molar-refractivity contribution < 1.29 is 0 Å². The molecule has 2 aromatic carbocycles. The van der Waals surface area contributed by atoms with Gasteiger partial charge < -0.3 is 0 Å². The summed E-state index contributed by atoms with van der Waals surface area (Å²) >= 11 is 0. The van der Waals surface area contributed by atoms with Crippen molar-refractivity contribution in [2.24, 2.45) is 11.8 Å². The van der Waals surface area contributed by atoms with E-state index in [1.165, 1.54) is 49.7 Å². The van der Waals surface area contributed by atoms with E-state index >= 15 is 0 Å². The molecule has 0 N–H and O–H groups in total. The number of rotatable bonds is 7. The second-order valence-corrected chi connectivity index (χ2v) is 8.01.